The number of anilines is 2. The van der Waals surface area contributed by atoms with Gasteiger partial charge in [0.15, 0.2) is 0 Å². The van der Waals surface area contributed by atoms with Crippen LogP contribution in [0.4, 0.5) is 11.4 Å². The van der Waals surface area contributed by atoms with Crippen molar-refractivity contribution in [3.8, 4) is 5.75 Å². The highest BCUT2D eigenvalue weighted by Gasteiger charge is 2.56. The molecule has 3 aromatic carbocycles. The molecule has 42 heavy (non-hydrogen) atoms. The number of rotatable bonds is 8. The van der Waals surface area contributed by atoms with E-state index in [2.05, 4.69) is 26.6 Å². The second kappa shape index (κ2) is 12.8. The van der Waals surface area contributed by atoms with Crippen molar-refractivity contribution in [2.45, 2.75) is 65.9 Å². The summed E-state index contributed by atoms with van der Waals surface area (Å²) in [4.78, 5) is 42.1. The molecule has 0 heterocycles. The molecular formula is C34H39BrN2O5. The maximum absolute atomic E-state index is 14.2. The summed E-state index contributed by atoms with van der Waals surface area (Å²) < 4.78 is 6.78. The first-order valence-electron chi connectivity index (χ1n) is 14.3. The lowest BCUT2D eigenvalue weighted by Crippen LogP contribution is -2.56. The van der Waals surface area contributed by atoms with E-state index >= 15 is 0 Å². The minimum Gasteiger partial charge on any atom is -0.493 e. The third kappa shape index (κ3) is 6.45. The average Bonchev–Trinajstić information content (AvgIpc) is 2.92. The van der Waals surface area contributed by atoms with Crippen LogP contribution >= 0.6 is 15.9 Å². The molecule has 1 aliphatic rings. The fourth-order valence-corrected chi connectivity index (χ4v) is 6.16. The standard InChI is InChI=1S/C34H39BrN2O5/c1-7-16-42-28-15-14-23(35)17-24(28)29-30(32(39)36-25-12-8-10-19(2)21(25)4)27(38)18-34(6,41)31(29)33(40)37-26-13-9-11-20(3)22(26)5/h8-15,17,29-31,41H,7,16,18H2,1-6H3,(H,36,39)(H,37,40). The number of carbonyl (C=O) groups is 3. The van der Waals surface area contributed by atoms with Crippen molar-refractivity contribution in [2.75, 3.05) is 17.2 Å². The highest BCUT2D eigenvalue weighted by molar-refractivity contribution is 9.10. The van der Waals surface area contributed by atoms with Gasteiger partial charge in [0.1, 0.15) is 17.5 Å². The van der Waals surface area contributed by atoms with E-state index in [0.29, 0.717) is 33.8 Å². The second-order valence-electron chi connectivity index (χ2n) is 11.5. The third-order valence-corrected chi connectivity index (χ3v) is 8.84. The van der Waals surface area contributed by atoms with Crippen molar-refractivity contribution in [3.63, 3.8) is 0 Å². The van der Waals surface area contributed by atoms with Crippen LogP contribution in [0, 0.1) is 39.5 Å². The number of halogens is 1. The third-order valence-electron chi connectivity index (χ3n) is 8.35. The van der Waals surface area contributed by atoms with Gasteiger partial charge < -0.3 is 20.5 Å². The van der Waals surface area contributed by atoms with Gasteiger partial charge in [-0.1, -0.05) is 47.1 Å². The first-order valence-corrected chi connectivity index (χ1v) is 15.1. The summed E-state index contributed by atoms with van der Waals surface area (Å²) in [7, 11) is 0. The lowest BCUT2D eigenvalue weighted by Gasteiger charge is -2.45. The highest BCUT2D eigenvalue weighted by Crippen LogP contribution is 2.49. The molecule has 222 valence electrons. The molecule has 0 aromatic heterocycles. The molecule has 1 saturated carbocycles. The van der Waals surface area contributed by atoms with Crippen molar-refractivity contribution in [1.29, 1.82) is 0 Å². The molecular weight excluding hydrogens is 596 g/mol. The number of amides is 2. The van der Waals surface area contributed by atoms with Gasteiger partial charge in [-0.2, -0.15) is 0 Å². The van der Waals surface area contributed by atoms with Crippen molar-refractivity contribution in [1.82, 2.24) is 0 Å². The second-order valence-corrected chi connectivity index (χ2v) is 12.4. The number of hydrogen-bond acceptors (Lipinski definition) is 5. The predicted molar refractivity (Wildman–Crippen MR) is 169 cm³/mol. The van der Waals surface area contributed by atoms with Gasteiger partial charge in [-0.3, -0.25) is 14.4 Å². The van der Waals surface area contributed by atoms with Crippen LogP contribution < -0.4 is 15.4 Å². The lowest BCUT2D eigenvalue weighted by molar-refractivity contribution is -0.150. The average molecular weight is 636 g/mol. The molecule has 1 fully saturated rings. The Morgan fingerprint density at radius 2 is 1.52 bits per heavy atom. The number of aliphatic hydroxyl groups is 1. The minimum absolute atomic E-state index is 0.349. The lowest BCUT2D eigenvalue weighted by atomic mass is 9.61. The van der Waals surface area contributed by atoms with E-state index in [4.69, 9.17) is 4.74 Å². The molecule has 0 bridgehead atoms. The molecule has 0 radical (unpaired) electrons. The Bertz CT molecular complexity index is 1520. The van der Waals surface area contributed by atoms with Crippen molar-refractivity contribution >= 4 is 44.9 Å². The van der Waals surface area contributed by atoms with Gasteiger partial charge in [0.05, 0.1) is 18.1 Å². The fraction of sp³-hybridized carbons (Fsp3) is 0.382. The van der Waals surface area contributed by atoms with Gasteiger partial charge in [-0.15, -0.1) is 0 Å². The number of Topliss-reactive ketones (excluding diaryl/α,β-unsaturated/α-hetero) is 1. The number of carbonyl (C=O) groups excluding carboxylic acids is 3. The largest absolute Gasteiger partial charge is 0.493 e. The summed E-state index contributed by atoms with van der Waals surface area (Å²) in [5, 5.41) is 17.7. The van der Waals surface area contributed by atoms with Crippen LogP contribution in [0.3, 0.4) is 0 Å². The van der Waals surface area contributed by atoms with Gasteiger partial charge in [0.2, 0.25) is 11.8 Å². The Morgan fingerprint density at radius 1 is 0.952 bits per heavy atom. The summed E-state index contributed by atoms with van der Waals surface area (Å²) in [6.45, 7) is 11.6. The van der Waals surface area contributed by atoms with E-state index in [1.54, 1.807) is 24.3 Å². The molecule has 3 N–H and O–H groups in total. The zero-order chi connectivity index (χ0) is 30.8. The molecule has 4 unspecified atom stereocenters. The van der Waals surface area contributed by atoms with Crippen LogP contribution in [-0.4, -0.2) is 34.9 Å². The Morgan fingerprint density at radius 3 is 2.10 bits per heavy atom. The quantitative estimate of drug-likeness (QED) is 0.237. The maximum Gasteiger partial charge on any atom is 0.235 e. The minimum atomic E-state index is -1.73. The van der Waals surface area contributed by atoms with E-state index in [0.717, 1.165) is 28.7 Å². The highest BCUT2D eigenvalue weighted by atomic mass is 79.9. The van der Waals surface area contributed by atoms with E-state index in [1.165, 1.54) is 6.92 Å². The molecule has 8 heteroatoms. The molecule has 2 amide bonds. The first-order chi connectivity index (χ1) is 19.9. The molecule has 7 nitrogen and oxygen atoms in total. The van der Waals surface area contributed by atoms with Gasteiger partial charge in [0, 0.05) is 33.7 Å². The van der Waals surface area contributed by atoms with Crippen LogP contribution in [0.1, 0.15) is 60.4 Å². The SMILES string of the molecule is CCCOc1ccc(Br)cc1C1C(C(=O)Nc2cccc(C)c2C)C(=O)CC(C)(O)C1C(=O)Nc1cccc(C)c1C. The molecule has 3 aromatic rings. The van der Waals surface area contributed by atoms with Crippen LogP contribution in [0.15, 0.2) is 59.1 Å². The predicted octanol–water partition coefficient (Wildman–Crippen LogP) is 6.79. The molecule has 4 rings (SSSR count). The van der Waals surface area contributed by atoms with Crippen LogP contribution in [0.25, 0.3) is 0 Å². The number of ketones is 1. The van der Waals surface area contributed by atoms with E-state index < -0.39 is 41.0 Å². The van der Waals surface area contributed by atoms with Crippen molar-refractivity contribution in [3.05, 3.63) is 86.9 Å². The Kier molecular flexibility index (Phi) is 9.58. The number of ether oxygens (including phenoxy) is 1. The zero-order valence-electron chi connectivity index (χ0n) is 25.0. The first kappa shape index (κ1) is 31.4. The van der Waals surface area contributed by atoms with Crippen LogP contribution in [0.2, 0.25) is 0 Å². The molecule has 0 saturated heterocycles. The molecule has 4 atom stereocenters. The summed E-state index contributed by atoms with van der Waals surface area (Å²) in [5.41, 5.74) is 3.76. The van der Waals surface area contributed by atoms with Crippen molar-refractivity contribution < 1.29 is 24.2 Å². The normalized spacial score (nSPS) is 22.0. The summed E-state index contributed by atoms with van der Waals surface area (Å²) in [5.74, 6) is -4.40. The summed E-state index contributed by atoms with van der Waals surface area (Å²) >= 11 is 3.53. The van der Waals surface area contributed by atoms with E-state index in [1.807, 2.05) is 65.0 Å². The van der Waals surface area contributed by atoms with E-state index in [9.17, 15) is 19.5 Å². The fourth-order valence-electron chi connectivity index (χ4n) is 5.78. The smallest absolute Gasteiger partial charge is 0.235 e. The van der Waals surface area contributed by atoms with Gasteiger partial charge >= 0.3 is 0 Å². The molecule has 1 aliphatic carbocycles. The van der Waals surface area contributed by atoms with Crippen LogP contribution in [-0.2, 0) is 14.4 Å². The summed E-state index contributed by atoms with van der Waals surface area (Å²) in [6, 6.07) is 16.5. The Labute approximate surface area is 256 Å². The molecule has 0 aliphatic heterocycles. The number of benzene rings is 3. The maximum atomic E-state index is 14.2. The monoisotopic (exact) mass is 634 g/mol. The zero-order valence-corrected chi connectivity index (χ0v) is 26.6. The van der Waals surface area contributed by atoms with Gasteiger partial charge in [-0.25, -0.2) is 0 Å². The number of aryl methyl sites for hydroxylation is 2. The van der Waals surface area contributed by atoms with Crippen LogP contribution in [0.5, 0.6) is 5.75 Å². The van der Waals surface area contributed by atoms with Gasteiger partial charge in [-0.05, 0) is 93.6 Å². The van der Waals surface area contributed by atoms with Gasteiger partial charge in [0.25, 0.3) is 0 Å². The Balaban J connectivity index is 1.87. The topological polar surface area (TPSA) is 105 Å². The van der Waals surface area contributed by atoms with Crippen molar-refractivity contribution in [2.24, 2.45) is 11.8 Å². The van der Waals surface area contributed by atoms with E-state index in [-0.39, 0.29) is 6.42 Å². The number of hydrogen-bond donors (Lipinski definition) is 3. The molecule has 0 spiro atoms. The Hall–Kier alpha value is -3.49. The number of nitrogens with one attached hydrogen (secondary N) is 2. The summed E-state index contributed by atoms with van der Waals surface area (Å²) in [6.07, 6.45) is 0.391.